The lowest BCUT2D eigenvalue weighted by atomic mass is 10.0. The van der Waals surface area contributed by atoms with E-state index in [2.05, 4.69) is 11.9 Å². The number of aliphatic hydroxyl groups is 1. The molecule has 0 aliphatic heterocycles. The van der Waals surface area contributed by atoms with Crippen molar-refractivity contribution in [1.82, 2.24) is 0 Å². The number of anilines is 1. The second kappa shape index (κ2) is 7.97. The molecular formula is C18H19ClFNO. The van der Waals surface area contributed by atoms with Crippen molar-refractivity contribution in [2.45, 2.75) is 18.9 Å². The van der Waals surface area contributed by atoms with Crippen LogP contribution in [-0.4, -0.2) is 17.8 Å². The zero-order chi connectivity index (χ0) is 15.9. The fourth-order valence-electron chi connectivity index (χ4n) is 2.30. The Bertz CT molecular complexity index is 630. The highest BCUT2D eigenvalue weighted by Gasteiger charge is 2.15. The number of halogens is 2. The number of benzene rings is 2. The van der Waals surface area contributed by atoms with Crippen LogP contribution in [0.15, 0.2) is 55.1 Å². The molecule has 2 aromatic carbocycles. The van der Waals surface area contributed by atoms with Crippen LogP contribution in [0, 0.1) is 5.82 Å². The first-order chi connectivity index (χ1) is 10.7. The van der Waals surface area contributed by atoms with Gasteiger partial charge in [0.25, 0.3) is 0 Å². The number of hydrogen-bond donors (Lipinski definition) is 2. The van der Waals surface area contributed by atoms with Crippen molar-refractivity contribution in [3.8, 4) is 0 Å². The molecule has 116 valence electrons. The van der Waals surface area contributed by atoms with Gasteiger partial charge in [0.15, 0.2) is 0 Å². The molecule has 0 fully saturated rings. The fourth-order valence-corrected chi connectivity index (χ4v) is 2.53. The Hall–Kier alpha value is -1.84. The van der Waals surface area contributed by atoms with Crippen LogP contribution in [-0.2, 0) is 6.42 Å². The average Bonchev–Trinajstić information content (AvgIpc) is 2.54. The molecule has 2 aromatic rings. The summed E-state index contributed by atoms with van der Waals surface area (Å²) in [6, 6.07) is 12.6. The first kappa shape index (κ1) is 16.5. The van der Waals surface area contributed by atoms with E-state index < -0.39 is 5.82 Å². The second-order valence-corrected chi connectivity index (χ2v) is 5.48. The van der Waals surface area contributed by atoms with Crippen LogP contribution in [0.2, 0.25) is 5.02 Å². The zero-order valence-corrected chi connectivity index (χ0v) is 13.0. The molecule has 2 nitrogen and oxygen atoms in total. The molecule has 0 aliphatic carbocycles. The lowest BCUT2D eigenvalue weighted by molar-refractivity contribution is 0.275. The van der Waals surface area contributed by atoms with Crippen molar-refractivity contribution in [1.29, 1.82) is 0 Å². The molecule has 0 spiro atoms. The van der Waals surface area contributed by atoms with E-state index in [1.165, 1.54) is 6.07 Å². The van der Waals surface area contributed by atoms with Crippen molar-refractivity contribution in [3.63, 3.8) is 0 Å². The fraction of sp³-hybridized carbons (Fsp3) is 0.222. The molecule has 0 radical (unpaired) electrons. The van der Waals surface area contributed by atoms with Crippen molar-refractivity contribution in [2.24, 2.45) is 0 Å². The van der Waals surface area contributed by atoms with Crippen LogP contribution in [0.4, 0.5) is 10.1 Å². The highest BCUT2D eigenvalue weighted by atomic mass is 35.5. The Kier molecular flexibility index (Phi) is 5.99. The zero-order valence-electron chi connectivity index (χ0n) is 12.2. The monoisotopic (exact) mass is 319 g/mol. The van der Waals surface area contributed by atoms with Crippen LogP contribution in [0.5, 0.6) is 0 Å². The van der Waals surface area contributed by atoms with E-state index in [9.17, 15) is 9.50 Å². The third-order valence-corrected chi connectivity index (χ3v) is 3.86. The van der Waals surface area contributed by atoms with Gasteiger partial charge in [-0.05, 0) is 24.1 Å². The molecule has 0 amide bonds. The van der Waals surface area contributed by atoms with Crippen molar-refractivity contribution in [2.75, 3.05) is 11.9 Å². The smallest absolute Gasteiger partial charge is 0.142 e. The summed E-state index contributed by atoms with van der Waals surface area (Å²) in [5, 5.41) is 12.7. The van der Waals surface area contributed by atoms with Gasteiger partial charge < -0.3 is 10.4 Å². The van der Waals surface area contributed by atoms with Gasteiger partial charge in [-0.15, -0.1) is 6.58 Å². The van der Waals surface area contributed by atoms with E-state index in [0.29, 0.717) is 18.4 Å². The van der Waals surface area contributed by atoms with Crippen molar-refractivity contribution in [3.05, 3.63) is 77.1 Å². The largest absolute Gasteiger partial charge is 0.394 e. The molecule has 0 bridgehead atoms. The highest BCUT2D eigenvalue weighted by Crippen LogP contribution is 2.30. The summed E-state index contributed by atoms with van der Waals surface area (Å²) in [4.78, 5) is 0. The Labute approximate surface area is 135 Å². The van der Waals surface area contributed by atoms with Gasteiger partial charge in [-0.1, -0.05) is 48.0 Å². The predicted octanol–water partition coefficient (Wildman–Crippen LogP) is 4.42. The molecule has 1 unspecified atom stereocenters. The van der Waals surface area contributed by atoms with Crippen LogP contribution in [0.1, 0.15) is 17.5 Å². The molecule has 0 aliphatic rings. The molecule has 4 heteroatoms. The summed E-state index contributed by atoms with van der Waals surface area (Å²) in [5.41, 5.74) is 2.47. The quantitative estimate of drug-likeness (QED) is 0.740. The second-order valence-electron chi connectivity index (χ2n) is 5.10. The van der Waals surface area contributed by atoms with E-state index in [0.717, 1.165) is 11.3 Å². The third kappa shape index (κ3) is 4.09. The van der Waals surface area contributed by atoms with Gasteiger partial charge in [-0.25, -0.2) is 4.39 Å². The topological polar surface area (TPSA) is 32.3 Å². The SMILES string of the molecule is C=CCC(CO)Nc1ccc(F)c(Cl)c1Cc1ccccc1. The van der Waals surface area contributed by atoms with Crippen LogP contribution in [0.25, 0.3) is 0 Å². The Balaban J connectivity index is 2.33. The molecule has 0 saturated carbocycles. The van der Waals surface area contributed by atoms with Crippen LogP contribution in [0.3, 0.4) is 0 Å². The molecule has 22 heavy (non-hydrogen) atoms. The molecule has 1 atom stereocenters. The molecule has 2 N–H and O–H groups in total. The highest BCUT2D eigenvalue weighted by molar-refractivity contribution is 6.32. The Morgan fingerprint density at radius 2 is 1.95 bits per heavy atom. The average molecular weight is 320 g/mol. The maximum absolute atomic E-state index is 13.8. The summed E-state index contributed by atoms with van der Waals surface area (Å²) < 4.78 is 13.8. The lowest BCUT2D eigenvalue weighted by Gasteiger charge is -2.20. The standard InChI is InChI=1S/C18H19ClFNO/c1-2-6-14(12-22)21-17-10-9-16(20)18(19)15(17)11-13-7-4-3-5-8-13/h2-5,7-10,14,21-22H,1,6,11-12H2. The van der Waals surface area contributed by atoms with Gasteiger partial charge in [0, 0.05) is 17.7 Å². The summed E-state index contributed by atoms with van der Waals surface area (Å²) >= 11 is 6.15. The normalized spacial score (nSPS) is 12.0. The molecule has 0 saturated heterocycles. The summed E-state index contributed by atoms with van der Waals surface area (Å²) in [6.07, 6.45) is 2.86. The Morgan fingerprint density at radius 1 is 1.23 bits per heavy atom. The third-order valence-electron chi connectivity index (χ3n) is 3.45. The predicted molar refractivity (Wildman–Crippen MR) is 90.0 cm³/mol. The summed E-state index contributed by atoms with van der Waals surface area (Å²) in [5.74, 6) is -0.442. The van der Waals surface area contributed by atoms with Crippen molar-refractivity contribution >= 4 is 17.3 Å². The van der Waals surface area contributed by atoms with Gasteiger partial charge in [-0.3, -0.25) is 0 Å². The van der Waals surface area contributed by atoms with Gasteiger partial charge >= 0.3 is 0 Å². The number of aliphatic hydroxyl groups excluding tert-OH is 1. The van der Waals surface area contributed by atoms with E-state index in [-0.39, 0.29) is 17.7 Å². The minimum absolute atomic E-state index is 0.0359. The molecular weight excluding hydrogens is 301 g/mol. The van der Waals surface area contributed by atoms with E-state index >= 15 is 0 Å². The molecule has 0 aromatic heterocycles. The molecule has 2 rings (SSSR count). The lowest BCUT2D eigenvalue weighted by Crippen LogP contribution is -2.23. The summed E-state index contributed by atoms with van der Waals surface area (Å²) in [7, 11) is 0. The van der Waals surface area contributed by atoms with Gasteiger partial charge in [0.2, 0.25) is 0 Å². The number of hydrogen-bond acceptors (Lipinski definition) is 2. The van der Waals surface area contributed by atoms with Gasteiger partial charge in [0.05, 0.1) is 17.7 Å². The van der Waals surface area contributed by atoms with Crippen LogP contribution >= 0.6 is 11.6 Å². The maximum atomic E-state index is 13.8. The Morgan fingerprint density at radius 3 is 2.59 bits per heavy atom. The van der Waals surface area contributed by atoms with Crippen molar-refractivity contribution < 1.29 is 9.50 Å². The summed E-state index contributed by atoms with van der Waals surface area (Å²) in [6.45, 7) is 3.64. The number of nitrogens with one attached hydrogen (secondary N) is 1. The first-order valence-corrected chi connectivity index (χ1v) is 7.52. The maximum Gasteiger partial charge on any atom is 0.142 e. The van der Waals surface area contributed by atoms with E-state index in [4.69, 9.17) is 11.6 Å². The van der Waals surface area contributed by atoms with E-state index in [1.807, 2.05) is 30.3 Å². The van der Waals surface area contributed by atoms with Gasteiger partial charge in [-0.2, -0.15) is 0 Å². The number of rotatable bonds is 7. The van der Waals surface area contributed by atoms with E-state index in [1.54, 1.807) is 12.1 Å². The molecule has 0 heterocycles. The minimum atomic E-state index is -0.442. The first-order valence-electron chi connectivity index (χ1n) is 7.14. The minimum Gasteiger partial charge on any atom is -0.394 e. The van der Waals surface area contributed by atoms with Gasteiger partial charge in [0.1, 0.15) is 5.82 Å². The van der Waals surface area contributed by atoms with Crippen LogP contribution < -0.4 is 5.32 Å².